The van der Waals surface area contributed by atoms with Crippen molar-refractivity contribution < 1.29 is 0 Å². The van der Waals surface area contributed by atoms with Crippen LogP contribution in [0.25, 0.3) is 0 Å². The smallest absolute Gasteiger partial charge is 0.00399 e. The summed E-state index contributed by atoms with van der Waals surface area (Å²) in [4.78, 5) is 0. The van der Waals surface area contributed by atoms with E-state index in [0.29, 0.717) is 17.5 Å². The molecule has 140 valence electrons. The Morgan fingerprint density at radius 2 is 1.19 bits per heavy atom. The monoisotopic (exact) mass is 374 g/mol. The first-order valence-corrected chi connectivity index (χ1v) is 11.4. The number of hydrogen-bond acceptors (Lipinski definition) is 0. The summed E-state index contributed by atoms with van der Waals surface area (Å²) < 4.78 is 0. The quantitative estimate of drug-likeness (QED) is 0.341. The summed E-state index contributed by atoms with van der Waals surface area (Å²) >= 11 is 0. The standard InChI is InChI=1S/C26H31P/c1-21(18-19-23-12-6-3-7-13-23)26(25-16-10-5-11-17-25)27-20-22(2)24-14-8-4-9-15-24/h3-17,21-22,26-27H,18-20H2,1-2H3. The lowest BCUT2D eigenvalue weighted by Gasteiger charge is -2.26. The van der Waals surface area contributed by atoms with Gasteiger partial charge in [-0.05, 0) is 47.5 Å². The number of aryl methyl sites for hydroxylation is 1. The maximum absolute atomic E-state index is 2.45. The summed E-state index contributed by atoms with van der Waals surface area (Å²) in [5.74, 6) is 1.31. The summed E-state index contributed by atoms with van der Waals surface area (Å²) in [5.41, 5.74) is 5.09. The molecule has 0 aliphatic carbocycles. The minimum absolute atomic E-state index is 0.622. The van der Waals surface area contributed by atoms with Crippen LogP contribution in [0.2, 0.25) is 0 Å². The lowest BCUT2D eigenvalue weighted by molar-refractivity contribution is 0.517. The van der Waals surface area contributed by atoms with Crippen LogP contribution in [-0.4, -0.2) is 6.16 Å². The van der Waals surface area contributed by atoms with Crippen molar-refractivity contribution in [2.75, 3.05) is 6.16 Å². The van der Waals surface area contributed by atoms with Gasteiger partial charge >= 0.3 is 0 Å². The van der Waals surface area contributed by atoms with Gasteiger partial charge in [-0.3, -0.25) is 0 Å². The third kappa shape index (κ3) is 6.05. The van der Waals surface area contributed by atoms with Crippen LogP contribution >= 0.6 is 8.58 Å². The molecule has 0 spiro atoms. The number of benzene rings is 3. The van der Waals surface area contributed by atoms with E-state index in [2.05, 4.69) is 105 Å². The summed E-state index contributed by atoms with van der Waals surface area (Å²) in [6, 6.07) is 33.0. The Kier molecular flexibility index (Phi) is 7.66. The van der Waals surface area contributed by atoms with Gasteiger partial charge in [0.25, 0.3) is 0 Å². The Bertz CT molecular complexity index is 767. The van der Waals surface area contributed by atoms with Crippen LogP contribution in [0, 0.1) is 5.92 Å². The van der Waals surface area contributed by atoms with Crippen molar-refractivity contribution in [2.24, 2.45) is 5.92 Å². The Hall–Kier alpha value is -1.91. The lowest BCUT2D eigenvalue weighted by Crippen LogP contribution is -2.09. The normalized spacial score (nSPS) is 14.9. The average Bonchev–Trinajstić information content (AvgIpc) is 2.74. The minimum Gasteiger partial charge on any atom is -0.113 e. The van der Waals surface area contributed by atoms with Crippen LogP contribution < -0.4 is 0 Å². The topological polar surface area (TPSA) is 0 Å². The highest BCUT2D eigenvalue weighted by Crippen LogP contribution is 2.44. The molecule has 0 N–H and O–H groups in total. The van der Waals surface area contributed by atoms with E-state index in [1.54, 1.807) is 0 Å². The highest BCUT2D eigenvalue weighted by Gasteiger charge is 2.20. The van der Waals surface area contributed by atoms with Crippen molar-refractivity contribution in [2.45, 2.75) is 38.3 Å². The molecule has 0 radical (unpaired) electrons. The highest BCUT2D eigenvalue weighted by atomic mass is 31.1. The van der Waals surface area contributed by atoms with Crippen molar-refractivity contribution in [3.8, 4) is 0 Å². The van der Waals surface area contributed by atoms with Gasteiger partial charge in [-0.2, -0.15) is 0 Å². The molecule has 0 aliphatic rings. The molecule has 27 heavy (non-hydrogen) atoms. The van der Waals surface area contributed by atoms with Crippen LogP contribution in [0.3, 0.4) is 0 Å². The molecule has 1 heteroatoms. The predicted molar refractivity (Wildman–Crippen MR) is 121 cm³/mol. The van der Waals surface area contributed by atoms with Crippen LogP contribution in [0.15, 0.2) is 91.0 Å². The van der Waals surface area contributed by atoms with Gasteiger partial charge in [-0.15, -0.1) is 8.58 Å². The largest absolute Gasteiger partial charge is 0.113 e. The highest BCUT2D eigenvalue weighted by molar-refractivity contribution is 7.38. The summed E-state index contributed by atoms with van der Waals surface area (Å²) in [5, 5.41) is 0. The number of rotatable bonds is 9. The van der Waals surface area contributed by atoms with Gasteiger partial charge in [0, 0.05) is 5.66 Å². The molecule has 0 aliphatic heterocycles. The fourth-order valence-corrected chi connectivity index (χ4v) is 5.56. The molecule has 0 saturated carbocycles. The summed E-state index contributed by atoms with van der Waals surface area (Å²) in [6.07, 6.45) is 3.68. The SMILES string of the molecule is CC(CPC(c1ccccc1)C(C)CCc1ccccc1)c1ccccc1. The van der Waals surface area contributed by atoms with Crippen molar-refractivity contribution >= 4 is 8.58 Å². The zero-order chi connectivity index (χ0) is 18.9. The molecule has 3 aromatic rings. The molecule has 0 saturated heterocycles. The van der Waals surface area contributed by atoms with Gasteiger partial charge in [0.05, 0.1) is 0 Å². The minimum atomic E-state index is 0.622. The number of hydrogen-bond donors (Lipinski definition) is 0. The Balaban J connectivity index is 1.65. The lowest BCUT2D eigenvalue weighted by atomic mass is 9.94. The van der Waals surface area contributed by atoms with Crippen LogP contribution in [0.4, 0.5) is 0 Å². The van der Waals surface area contributed by atoms with Gasteiger partial charge in [-0.25, -0.2) is 0 Å². The Morgan fingerprint density at radius 3 is 1.78 bits per heavy atom. The van der Waals surface area contributed by atoms with E-state index in [1.165, 1.54) is 35.7 Å². The van der Waals surface area contributed by atoms with E-state index in [9.17, 15) is 0 Å². The van der Waals surface area contributed by atoms with Crippen molar-refractivity contribution in [1.29, 1.82) is 0 Å². The van der Waals surface area contributed by atoms with E-state index in [1.807, 2.05) is 0 Å². The molecule has 0 nitrogen and oxygen atoms in total. The second kappa shape index (κ2) is 10.4. The molecule has 0 fully saturated rings. The average molecular weight is 375 g/mol. The first-order chi connectivity index (χ1) is 13.2. The van der Waals surface area contributed by atoms with Crippen LogP contribution in [0.1, 0.15) is 48.5 Å². The molecule has 4 atom stereocenters. The van der Waals surface area contributed by atoms with Crippen LogP contribution in [-0.2, 0) is 6.42 Å². The molecule has 0 bridgehead atoms. The molecular weight excluding hydrogens is 343 g/mol. The summed E-state index contributed by atoms with van der Waals surface area (Å²) in [6.45, 7) is 4.82. The van der Waals surface area contributed by atoms with E-state index in [4.69, 9.17) is 0 Å². The van der Waals surface area contributed by atoms with E-state index < -0.39 is 0 Å². The first-order valence-electron chi connectivity index (χ1n) is 10.1. The molecule has 0 heterocycles. The van der Waals surface area contributed by atoms with Crippen molar-refractivity contribution in [3.63, 3.8) is 0 Å². The zero-order valence-electron chi connectivity index (χ0n) is 16.5. The van der Waals surface area contributed by atoms with Gasteiger partial charge < -0.3 is 0 Å². The maximum atomic E-state index is 2.45. The van der Waals surface area contributed by atoms with E-state index >= 15 is 0 Å². The van der Waals surface area contributed by atoms with Crippen molar-refractivity contribution in [1.82, 2.24) is 0 Å². The second-order valence-electron chi connectivity index (χ2n) is 7.61. The third-order valence-corrected chi connectivity index (χ3v) is 7.66. The molecule has 0 amide bonds. The van der Waals surface area contributed by atoms with Gasteiger partial charge in [0.15, 0.2) is 0 Å². The van der Waals surface area contributed by atoms with Gasteiger partial charge in [-0.1, -0.05) is 105 Å². The van der Waals surface area contributed by atoms with Crippen LogP contribution in [0.5, 0.6) is 0 Å². The van der Waals surface area contributed by atoms with Gasteiger partial charge in [0.1, 0.15) is 0 Å². The maximum Gasteiger partial charge on any atom is 0.00399 e. The molecule has 3 rings (SSSR count). The molecule has 4 unspecified atom stereocenters. The fourth-order valence-electron chi connectivity index (χ4n) is 3.72. The second-order valence-corrected chi connectivity index (χ2v) is 9.05. The van der Waals surface area contributed by atoms with E-state index in [0.717, 1.165) is 8.58 Å². The Labute approximate surface area is 166 Å². The Morgan fingerprint density at radius 1 is 0.667 bits per heavy atom. The fraction of sp³-hybridized carbons (Fsp3) is 0.308. The van der Waals surface area contributed by atoms with E-state index in [-0.39, 0.29) is 0 Å². The molecule has 0 aromatic heterocycles. The molecular formula is C26H31P. The van der Waals surface area contributed by atoms with Gasteiger partial charge in [0.2, 0.25) is 0 Å². The zero-order valence-corrected chi connectivity index (χ0v) is 17.5. The predicted octanol–water partition coefficient (Wildman–Crippen LogP) is 7.48. The molecule has 3 aromatic carbocycles. The third-order valence-electron chi connectivity index (χ3n) is 5.47. The first kappa shape index (κ1) is 19.8. The summed E-state index contributed by atoms with van der Waals surface area (Å²) in [7, 11) is 0.954. The van der Waals surface area contributed by atoms with Crippen molar-refractivity contribution in [3.05, 3.63) is 108 Å².